The van der Waals surface area contributed by atoms with Gasteiger partial charge >= 0.3 is 0 Å². The van der Waals surface area contributed by atoms with Crippen molar-refractivity contribution in [2.45, 2.75) is 18.9 Å². The van der Waals surface area contributed by atoms with Gasteiger partial charge in [-0.1, -0.05) is 60.7 Å². The van der Waals surface area contributed by atoms with E-state index in [2.05, 4.69) is 10.3 Å². The molecular weight excluding hydrogens is 434 g/mol. The number of nitrogens with zero attached hydrogens (tertiary/aromatic N) is 2. The minimum atomic E-state index is -2.42. The van der Waals surface area contributed by atoms with Gasteiger partial charge in [0, 0.05) is 11.6 Å². The van der Waals surface area contributed by atoms with Crippen LogP contribution in [0.5, 0.6) is 0 Å². The predicted octanol–water partition coefficient (Wildman–Crippen LogP) is 5.39. The lowest BCUT2D eigenvalue weighted by Crippen LogP contribution is -2.31. The summed E-state index contributed by atoms with van der Waals surface area (Å²) in [6.07, 6.45) is 3.77. The van der Waals surface area contributed by atoms with E-state index in [-0.39, 0.29) is 11.9 Å². The molecular formula is C26H23N3O3S. The van der Waals surface area contributed by atoms with Gasteiger partial charge in [0.2, 0.25) is 0 Å². The fourth-order valence-corrected chi connectivity index (χ4v) is 4.82. The third-order valence-electron chi connectivity index (χ3n) is 5.89. The highest BCUT2D eigenvalue weighted by Gasteiger charge is 2.34. The SMILES string of the molecule is O=C(NC(c1ccccc1)C1CC1)c1ccccc1N(c1cccc2cccnc12)S(=O)O. The molecule has 2 atom stereocenters. The first kappa shape index (κ1) is 21.3. The van der Waals surface area contributed by atoms with Crippen LogP contribution < -0.4 is 9.62 Å². The second kappa shape index (κ2) is 9.13. The summed E-state index contributed by atoms with van der Waals surface area (Å²) in [5.74, 6) is 0.115. The van der Waals surface area contributed by atoms with Crippen molar-refractivity contribution in [3.8, 4) is 0 Å². The van der Waals surface area contributed by atoms with Crippen LogP contribution in [-0.4, -0.2) is 19.7 Å². The lowest BCUT2D eigenvalue weighted by atomic mass is 10.0. The van der Waals surface area contributed by atoms with Gasteiger partial charge in [-0.3, -0.25) is 14.3 Å². The Labute approximate surface area is 194 Å². The second-order valence-electron chi connectivity index (χ2n) is 8.09. The molecule has 5 rings (SSSR count). The van der Waals surface area contributed by atoms with Crippen LogP contribution in [0.2, 0.25) is 0 Å². The third-order valence-corrected chi connectivity index (χ3v) is 6.60. The zero-order valence-corrected chi connectivity index (χ0v) is 18.6. The Morgan fingerprint density at radius 2 is 1.64 bits per heavy atom. The van der Waals surface area contributed by atoms with E-state index in [1.165, 1.54) is 4.31 Å². The summed E-state index contributed by atoms with van der Waals surface area (Å²) in [4.78, 5) is 17.9. The number of pyridine rings is 1. The Morgan fingerprint density at radius 3 is 2.39 bits per heavy atom. The van der Waals surface area contributed by atoms with Gasteiger partial charge < -0.3 is 5.32 Å². The number of hydrogen-bond acceptors (Lipinski definition) is 3. The maximum absolute atomic E-state index is 13.5. The number of amides is 1. The maximum atomic E-state index is 13.5. The number of para-hydroxylation sites is 2. The number of fused-ring (bicyclic) bond motifs is 1. The highest BCUT2D eigenvalue weighted by molar-refractivity contribution is 7.81. The van der Waals surface area contributed by atoms with Gasteiger partial charge in [-0.15, -0.1) is 0 Å². The molecule has 1 amide bonds. The van der Waals surface area contributed by atoms with Crippen molar-refractivity contribution in [1.82, 2.24) is 10.3 Å². The molecule has 0 spiro atoms. The summed E-state index contributed by atoms with van der Waals surface area (Å²) in [7, 11) is 0. The van der Waals surface area contributed by atoms with E-state index in [0.29, 0.717) is 28.4 Å². The molecule has 1 saturated carbocycles. The van der Waals surface area contributed by atoms with Crippen LogP contribution in [0.4, 0.5) is 11.4 Å². The van der Waals surface area contributed by atoms with Gasteiger partial charge in [-0.05, 0) is 48.6 Å². The average molecular weight is 458 g/mol. The Bertz CT molecular complexity index is 1320. The molecule has 7 heteroatoms. The van der Waals surface area contributed by atoms with Gasteiger partial charge in [0.15, 0.2) is 0 Å². The molecule has 4 aromatic rings. The van der Waals surface area contributed by atoms with Crippen molar-refractivity contribution in [1.29, 1.82) is 0 Å². The third kappa shape index (κ3) is 4.37. The highest BCUT2D eigenvalue weighted by Crippen LogP contribution is 2.41. The lowest BCUT2D eigenvalue weighted by molar-refractivity contribution is 0.0932. The van der Waals surface area contributed by atoms with Crippen molar-refractivity contribution >= 4 is 39.5 Å². The van der Waals surface area contributed by atoms with E-state index in [1.54, 1.807) is 42.6 Å². The fourth-order valence-electron chi connectivity index (χ4n) is 4.18. The number of carbonyl (C=O) groups excluding carboxylic acids is 1. The van der Waals surface area contributed by atoms with Gasteiger partial charge in [-0.2, -0.15) is 0 Å². The number of hydrogen-bond donors (Lipinski definition) is 2. The van der Waals surface area contributed by atoms with Crippen LogP contribution >= 0.6 is 0 Å². The summed E-state index contributed by atoms with van der Waals surface area (Å²) in [6, 6.07) is 25.8. The Morgan fingerprint density at radius 1 is 0.939 bits per heavy atom. The molecule has 3 aromatic carbocycles. The number of nitrogens with one attached hydrogen (secondary N) is 1. The number of anilines is 2. The van der Waals surface area contributed by atoms with Crippen LogP contribution in [0.3, 0.4) is 0 Å². The zero-order chi connectivity index (χ0) is 22.8. The number of benzene rings is 3. The summed E-state index contributed by atoms with van der Waals surface area (Å²) in [5.41, 5.74) is 2.77. The molecule has 33 heavy (non-hydrogen) atoms. The quantitative estimate of drug-likeness (QED) is 0.365. The smallest absolute Gasteiger partial charge is 0.266 e. The van der Waals surface area contributed by atoms with Crippen molar-refractivity contribution in [3.63, 3.8) is 0 Å². The Kier molecular flexibility index (Phi) is 5.90. The topological polar surface area (TPSA) is 82.5 Å². The average Bonchev–Trinajstić information content (AvgIpc) is 3.69. The van der Waals surface area contributed by atoms with Gasteiger partial charge in [0.25, 0.3) is 17.2 Å². The molecule has 1 aliphatic rings. The lowest BCUT2D eigenvalue weighted by Gasteiger charge is -2.25. The maximum Gasteiger partial charge on any atom is 0.266 e. The van der Waals surface area contributed by atoms with Gasteiger partial charge in [0.1, 0.15) is 0 Å². The minimum Gasteiger partial charge on any atom is -0.345 e. The largest absolute Gasteiger partial charge is 0.345 e. The van der Waals surface area contributed by atoms with Crippen LogP contribution in [-0.2, 0) is 11.3 Å². The van der Waals surface area contributed by atoms with E-state index < -0.39 is 11.3 Å². The first-order valence-electron chi connectivity index (χ1n) is 10.8. The van der Waals surface area contributed by atoms with E-state index in [9.17, 15) is 13.6 Å². The normalized spacial score (nSPS) is 15.1. The summed E-state index contributed by atoms with van der Waals surface area (Å²) < 4.78 is 24.1. The predicted molar refractivity (Wildman–Crippen MR) is 130 cm³/mol. The minimum absolute atomic E-state index is 0.0981. The van der Waals surface area contributed by atoms with Crippen LogP contribution in [0.1, 0.15) is 34.8 Å². The van der Waals surface area contributed by atoms with Gasteiger partial charge in [-0.25, -0.2) is 8.51 Å². The van der Waals surface area contributed by atoms with Crippen molar-refractivity contribution < 1.29 is 13.6 Å². The molecule has 6 nitrogen and oxygen atoms in total. The summed E-state index contributed by atoms with van der Waals surface area (Å²) >= 11 is -2.42. The molecule has 166 valence electrons. The first-order valence-corrected chi connectivity index (χ1v) is 11.9. The molecule has 2 unspecified atom stereocenters. The molecule has 1 aromatic heterocycles. The van der Waals surface area contributed by atoms with E-state index in [0.717, 1.165) is 23.8 Å². The standard InChI is InChI=1S/C26H23N3O3S/c30-26(28-24(20-15-16-20)18-8-2-1-3-9-18)21-12-4-5-13-22(21)29(33(31)32)23-14-6-10-19-11-7-17-27-25(19)23/h1-14,17,20,24H,15-16H2,(H,28,30)(H,31,32). The number of carbonyl (C=O) groups is 1. The number of rotatable bonds is 7. The van der Waals surface area contributed by atoms with Gasteiger partial charge in [0.05, 0.1) is 28.5 Å². The highest BCUT2D eigenvalue weighted by atomic mass is 32.2. The van der Waals surface area contributed by atoms with Crippen molar-refractivity contribution in [2.75, 3.05) is 4.31 Å². The molecule has 0 bridgehead atoms. The monoisotopic (exact) mass is 457 g/mol. The van der Waals surface area contributed by atoms with Crippen molar-refractivity contribution in [3.05, 3.63) is 102 Å². The molecule has 2 N–H and O–H groups in total. The zero-order valence-electron chi connectivity index (χ0n) is 17.8. The summed E-state index contributed by atoms with van der Waals surface area (Å²) in [5, 5.41) is 4.01. The van der Waals surface area contributed by atoms with Crippen LogP contribution in [0.15, 0.2) is 91.1 Å². The summed E-state index contributed by atoms with van der Waals surface area (Å²) in [6.45, 7) is 0. The molecule has 0 aliphatic heterocycles. The first-order chi connectivity index (χ1) is 16.1. The van der Waals surface area contributed by atoms with E-state index in [4.69, 9.17) is 0 Å². The molecule has 0 saturated heterocycles. The fraction of sp³-hybridized carbons (Fsp3) is 0.154. The molecule has 1 heterocycles. The molecule has 0 radical (unpaired) electrons. The van der Waals surface area contributed by atoms with E-state index in [1.807, 2.05) is 48.5 Å². The Hall–Kier alpha value is -3.55. The molecule has 1 aliphatic carbocycles. The second-order valence-corrected chi connectivity index (χ2v) is 8.92. The van der Waals surface area contributed by atoms with Crippen LogP contribution in [0, 0.1) is 5.92 Å². The van der Waals surface area contributed by atoms with Crippen molar-refractivity contribution in [2.24, 2.45) is 5.92 Å². The van der Waals surface area contributed by atoms with Crippen LogP contribution in [0.25, 0.3) is 10.9 Å². The number of aromatic nitrogens is 1. The van der Waals surface area contributed by atoms with E-state index >= 15 is 0 Å². The Balaban J connectivity index is 1.54. The molecule has 1 fully saturated rings.